The van der Waals surface area contributed by atoms with Gasteiger partial charge in [-0.25, -0.2) is 0 Å². The second-order valence-corrected chi connectivity index (χ2v) is 4.50. The summed E-state index contributed by atoms with van der Waals surface area (Å²) in [7, 11) is 2.29. The molecule has 64 valence electrons. The summed E-state index contributed by atoms with van der Waals surface area (Å²) in [6.07, 6.45) is 2.91. The molecule has 11 heavy (non-hydrogen) atoms. The van der Waals surface area contributed by atoms with Gasteiger partial charge in [0.1, 0.15) is 0 Å². The van der Waals surface area contributed by atoms with Crippen LogP contribution in [0.5, 0.6) is 0 Å². The number of nitrogens with zero attached hydrogens (tertiary/aromatic N) is 1. The SMILES string of the molecule is CC1C(C)C2C1CCCN2C. The lowest BCUT2D eigenvalue weighted by atomic mass is 9.59. The summed E-state index contributed by atoms with van der Waals surface area (Å²) in [5.41, 5.74) is 0. The molecule has 1 heterocycles. The monoisotopic (exact) mass is 153 g/mol. The Bertz CT molecular complexity index is 151. The highest BCUT2D eigenvalue weighted by molar-refractivity contribution is 5.00. The minimum atomic E-state index is 0.929. The van der Waals surface area contributed by atoms with Crippen LogP contribution < -0.4 is 0 Å². The third-order valence-corrected chi connectivity index (χ3v) is 4.04. The zero-order valence-corrected chi connectivity index (χ0v) is 7.88. The second kappa shape index (κ2) is 2.48. The lowest BCUT2D eigenvalue weighted by molar-refractivity contribution is -0.0659. The fourth-order valence-electron chi connectivity index (χ4n) is 3.14. The van der Waals surface area contributed by atoms with Crippen molar-refractivity contribution in [3.63, 3.8) is 0 Å². The van der Waals surface area contributed by atoms with Crippen LogP contribution >= 0.6 is 0 Å². The molecule has 0 spiro atoms. The van der Waals surface area contributed by atoms with E-state index in [0.717, 1.165) is 23.8 Å². The first-order valence-electron chi connectivity index (χ1n) is 4.92. The molecule has 0 aromatic heterocycles. The first-order valence-corrected chi connectivity index (χ1v) is 4.92. The third-order valence-electron chi connectivity index (χ3n) is 4.04. The van der Waals surface area contributed by atoms with Crippen LogP contribution in [0.25, 0.3) is 0 Å². The molecule has 1 saturated carbocycles. The Hall–Kier alpha value is -0.0400. The molecule has 2 rings (SSSR count). The standard InChI is InChI=1S/C10H19N/c1-7-8(2)10-9(7)5-4-6-11(10)3/h7-10H,4-6H2,1-3H3. The Balaban J connectivity index is 2.05. The number of hydrogen-bond acceptors (Lipinski definition) is 1. The predicted octanol–water partition coefficient (Wildman–Crippen LogP) is 1.98. The maximum atomic E-state index is 2.57. The van der Waals surface area contributed by atoms with Crippen LogP contribution in [-0.2, 0) is 0 Å². The smallest absolute Gasteiger partial charge is 0.0151 e. The van der Waals surface area contributed by atoms with Gasteiger partial charge in [-0.2, -0.15) is 0 Å². The van der Waals surface area contributed by atoms with Gasteiger partial charge >= 0.3 is 0 Å². The van der Waals surface area contributed by atoms with E-state index in [4.69, 9.17) is 0 Å². The van der Waals surface area contributed by atoms with Crippen molar-refractivity contribution >= 4 is 0 Å². The molecule has 1 saturated heterocycles. The van der Waals surface area contributed by atoms with Crippen LogP contribution in [0.15, 0.2) is 0 Å². The van der Waals surface area contributed by atoms with E-state index >= 15 is 0 Å². The van der Waals surface area contributed by atoms with Crippen molar-refractivity contribution in [3.8, 4) is 0 Å². The molecule has 0 aromatic carbocycles. The summed E-state index contributed by atoms with van der Waals surface area (Å²) >= 11 is 0. The summed E-state index contributed by atoms with van der Waals surface area (Å²) in [6.45, 7) is 6.16. The fraction of sp³-hybridized carbons (Fsp3) is 1.00. The third kappa shape index (κ3) is 0.936. The van der Waals surface area contributed by atoms with Crippen molar-refractivity contribution in [2.75, 3.05) is 13.6 Å². The average molecular weight is 153 g/mol. The van der Waals surface area contributed by atoms with Gasteiger partial charge in [0.2, 0.25) is 0 Å². The molecular formula is C10H19N. The first kappa shape index (κ1) is 7.60. The van der Waals surface area contributed by atoms with E-state index in [1.165, 1.54) is 19.4 Å². The van der Waals surface area contributed by atoms with Gasteiger partial charge in [0.05, 0.1) is 0 Å². The summed E-state index contributed by atoms with van der Waals surface area (Å²) in [5, 5.41) is 0. The van der Waals surface area contributed by atoms with E-state index in [9.17, 15) is 0 Å². The van der Waals surface area contributed by atoms with E-state index in [0.29, 0.717) is 0 Å². The number of hydrogen-bond donors (Lipinski definition) is 0. The largest absolute Gasteiger partial charge is 0.303 e. The molecule has 0 N–H and O–H groups in total. The molecule has 0 amide bonds. The highest BCUT2D eigenvalue weighted by Crippen LogP contribution is 2.47. The number of rotatable bonds is 0. The molecule has 0 aromatic rings. The predicted molar refractivity (Wildman–Crippen MR) is 47.5 cm³/mol. The summed E-state index contributed by atoms with van der Waals surface area (Å²) in [4.78, 5) is 2.57. The maximum absolute atomic E-state index is 2.57. The van der Waals surface area contributed by atoms with E-state index in [1.807, 2.05) is 0 Å². The van der Waals surface area contributed by atoms with Crippen molar-refractivity contribution < 1.29 is 0 Å². The number of piperidine rings is 1. The topological polar surface area (TPSA) is 3.24 Å². The van der Waals surface area contributed by atoms with Gasteiger partial charge in [0.25, 0.3) is 0 Å². The first-order chi connectivity index (χ1) is 5.22. The number of likely N-dealkylation sites (tertiary alicyclic amines) is 1. The summed E-state index contributed by atoms with van der Waals surface area (Å²) in [6, 6.07) is 0.929. The number of fused-ring (bicyclic) bond motifs is 1. The minimum absolute atomic E-state index is 0.929. The van der Waals surface area contributed by atoms with E-state index in [1.54, 1.807) is 0 Å². The zero-order chi connectivity index (χ0) is 8.01. The normalized spacial score (nSPS) is 51.5. The zero-order valence-electron chi connectivity index (χ0n) is 7.88. The molecule has 1 aliphatic carbocycles. The lowest BCUT2D eigenvalue weighted by Crippen LogP contribution is -2.59. The van der Waals surface area contributed by atoms with Crippen LogP contribution in [0.4, 0.5) is 0 Å². The summed E-state index contributed by atoms with van der Waals surface area (Å²) in [5.74, 6) is 2.97. The molecule has 1 nitrogen and oxygen atoms in total. The van der Waals surface area contributed by atoms with E-state index < -0.39 is 0 Å². The molecule has 4 unspecified atom stereocenters. The Morgan fingerprint density at radius 3 is 2.55 bits per heavy atom. The molecule has 0 radical (unpaired) electrons. The molecule has 1 aliphatic heterocycles. The highest BCUT2D eigenvalue weighted by Gasteiger charge is 2.47. The van der Waals surface area contributed by atoms with Crippen LogP contribution in [0.1, 0.15) is 26.7 Å². The molecular weight excluding hydrogens is 134 g/mol. The van der Waals surface area contributed by atoms with Gasteiger partial charge in [-0.15, -0.1) is 0 Å². The van der Waals surface area contributed by atoms with Gasteiger partial charge < -0.3 is 4.90 Å². The highest BCUT2D eigenvalue weighted by atomic mass is 15.2. The molecule has 1 heteroatoms. The molecule has 0 bridgehead atoms. The fourth-order valence-corrected chi connectivity index (χ4v) is 3.14. The van der Waals surface area contributed by atoms with Crippen molar-refractivity contribution in [1.82, 2.24) is 4.90 Å². The van der Waals surface area contributed by atoms with Crippen molar-refractivity contribution in [3.05, 3.63) is 0 Å². The van der Waals surface area contributed by atoms with Gasteiger partial charge in [0.15, 0.2) is 0 Å². The van der Waals surface area contributed by atoms with Gasteiger partial charge in [0, 0.05) is 6.04 Å². The van der Waals surface area contributed by atoms with E-state index in [2.05, 4.69) is 25.8 Å². The minimum Gasteiger partial charge on any atom is -0.303 e. The van der Waals surface area contributed by atoms with Crippen LogP contribution in [0, 0.1) is 17.8 Å². The Kier molecular flexibility index (Phi) is 1.71. The lowest BCUT2D eigenvalue weighted by Gasteiger charge is -2.56. The van der Waals surface area contributed by atoms with Crippen LogP contribution in [0.2, 0.25) is 0 Å². The Morgan fingerprint density at radius 2 is 1.91 bits per heavy atom. The summed E-state index contributed by atoms with van der Waals surface area (Å²) < 4.78 is 0. The van der Waals surface area contributed by atoms with Crippen molar-refractivity contribution in [2.24, 2.45) is 17.8 Å². The van der Waals surface area contributed by atoms with Crippen molar-refractivity contribution in [1.29, 1.82) is 0 Å². The van der Waals surface area contributed by atoms with Crippen LogP contribution in [0.3, 0.4) is 0 Å². The Morgan fingerprint density at radius 1 is 1.18 bits per heavy atom. The van der Waals surface area contributed by atoms with Gasteiger partial charge in [-0.05, 0) is 44.2 Å². The molecule has 2 fully saturated rings. The van der Waals surface area contributed by atoms with Crippen molar-refractivity contribution in [2.45, 2.75) is 32.7 Å². The molecule has 2 aliphatic rings. The second-order valence-electron chi connectivity index (χ2n) is 4.50. The quantitative estimate of drug-likeness (QED) is 0.514. The van der Waals surface area contributed by atoms with Gasteiger partial charge in [-0.1, -0.05) is 13.8 Å². The van der Waals surface area contributed by atoms with E-state index in [-0.39, 0.29) is 0 Å². The maximum Gasteiger partial charge on any atom is 0.0151 e. The molecule has 4 atom stereocenters. The Labute approximate surface area is 69.8 Å². The van der Waals surface area contributed by atoms with Crippen LogP contribution in [-0.4, -0.2) is 24.5 Å². The average Bonchev–Trinajstić information content (AvgIpc) is 2.03. The van der Waals surface area contributed by atoms with Gasteiger partial charge in [-0.3, -0.25) is 0 Å².